The largest absolute Gasteiger partial charge is 0.387 e. The molecule has 2 saturated heterocycles. The number of hydrogen-bond acceptors (Lipinski definition) is 4. The van der Waals surface area contributed by atoms with Crippen molar-refractivity contribution in [1.82, 2.24) is 4.90 Å². The number of aliphatic hydroxyl groups excluding tert-OH is 1. The summed E-state index contributed by atoms with van der Waals surface area (Å²) in [6.07, 6.45) is 0.604. The van der Waals surface area contributed by atoms with Gasteiger partial charge in [0.2, 0.25) is 0 Å². The molecule has 2 heterocycles. The van der Waals surface area contributed by atoms with Gasteiger partial charge in [-0.2, -0.15) is 0 Å². The van der Waals surface area contributed by atoms with E-state index in [9.17, 15) is 13.9 Å². The molecule has 1 unspecified atom stereocenters. The minimum absolute atomic E-state index is 0.00696. The molecule has 22 heavy (non-hydrogen) atoms. The standard InChI is InChI=1S/C16H21F2NO3/c17-12-1-2-14(18)13(9-12)15(20)10-19-5-8-22-16(11-19)3-6-21-7-4-16/h1-2,9,15,20H,3-8,10-11H2. The van der Waals surface area contributed by atoms with E-state index in [2.05, 4.69) is 4.90 Å². The second-order valence-corrected chi connectivity index (χ2v) is 6.06. The van der Waals surface area contributed by atoms with Gasteiger partial charge in [0.15, 0.2) is 0 Å². The molecule has 6 heteroatoms. The Bertz CT molecular complexity index is 515. The molecule has 1 aromatic rings. The maximum absolute atomic E-state index is 13.7. The van der Waals surface area contributed by atoms with Gasteiger partial charge in [0, 0.05) is 51.3 Å². The lowest BCUT2D eigenvalue weighted by Crippen LogP contribution is -2.55. The highest BCUT2D eigenvalue weighted by molar-refractivity contribution is 5.21. The van der Waals surface area contributed by atoms with E-state index in [1.54, 1.807) is 0 Å². The maximum atomic E-state index is 13.7. The van der Waals surface area contributed by atoms with Crippen LogP contribution in [0.1, 0.15) is 24.5 Å². The molecule has 2 fully saturated rings. The van der Waals surface area contributed by atoms with Gasteiger partial charge in [-0.1, -0.05) is 0 Å². The number of rotatable bonds is 3. The first kappa shape index (κ1) is 15.8. The predicted molar refractivity (Wildman–Crippen MR) is 76.5 cm³/mol. The maximum Gasteiger partial charge on any atom is 0.129 e. The van der Waals surface area contributed by atoms with Crippen molar-refractivity contribution in [2.75, 3.05) is 39.5 Å². The predicted octanol–water partition coefficient (Wildman–Crippen LogP) is 1.88. The van der Waals surface area contributed by atoms with E-state index in [1.165, 1.54) is 0 Å². The molecule has 0 aromatic heterocycles. The van der Waals surface area contributed by atoms with Crippen molar-refractivity contribution in [3.8, 4) is 0 Å². The van der Waals surface area contributed by atoms with Gasteiger partial charge in [0.1, 0.15) is 11.6 Å². The van der Waals surface area contributed by atoms with Crippen LogP contribution in [-0.4, -0.2) is 55.1 Å². The molecule has 0 amide bonds. The van der Waals surface area contributed by atoms with Crippen LogP contribution in [0.3, 0.4) is 0 Å². The second kappa shape index (κ2) is 6.58. The summed E-state index contributed by atoms with van der Waals surface area (Å²) in [5, 5.41) is 10.3. The summed E-state index contributed by atoms with van der Waals surface area (Å²) in [4.78, 5) is 2.06. The van der Waals surface area contributed by atoms with Crippen LogP contribution in [0.5, 0.6) is 0 Å². The highest BCUT2D eigenvalue weighted by Gasteiger charge is 2.38. The quantitative estimate of drug-likeness (QED) is 0.925. The number of hydrogen-bond donors (Lipinski definition) is 1. The Balaban J connectivity index is 1.65. The fourth-order valence-electron chi connectivity index (χ4n) is 3.24. The van der Waals surface area contributed by atoms with Crippen LogP contribution >= 0.6 is 0 Å². The molecule has 2 aliphatic rings. The van der Waals surface area contributed by atoms with Gasteiger partial charge in [0.25, 0.3) is 0 Å². The minimum Gasteiger partial charge on any atom is -0.387 e. The number of aliphatic hydroxyl groups is 1. The van der Waals surface area contributed by atoms with Crippen LogP contribution in [0.15, 0.2) is 18.2 Å². The van der Waals surface area contributed by atoms with Crippen LogP contribution in [0, 0.1) is 11.6 Å². The van der Waals surface area contributed by atoms with Crippen LogP contribution in [-0.2, 0) is 9.47 Å². The van der Waals surface area contributed by atoms with Gasteiger partial charge in [-0.05, 0) is 18.2 Å². The zero-order valence-electron chi connectivity index (χ0n) is 12.4. The lowest BCUT2D eigenvalue weighted by Gasteiger charge is -2.45. The van der Waals surface area contributed by atoms with Gasteiger partial charge in [-0.15, -0.1) is 0 Å². The van der Waals surface area contributed by atoms with Crippen LogP contribution < -0.4 is 0 Å². The number of nitrogens with zero attached hydrogens (tertiary/aromatic N) is 1. The number of ether oxygens (including phenoxy) is 2. The molecule has 122 valence electrons. The van der Waals surface area contributed by atoms with Gasteiger partial charge in [-0.25, -0.2) is 8.78 Å². The summed E-state index contributed by atoms with van der Waals surface area (Å²) in [6, 6.07) is 3.16. The molecule has 2 aliphatic heterocycles. The first-order chi connectivity index (χ1) is 10.6. The zero-order valence-corrected chi connectivity index (χ0v) is 12.4. The van der Waals surface area contributed by atoms with Crippen molar-refractivity contribution in [1.29, 1.82) is 0 Å². The van der Waals surface area contributed by atoms with Crippen molar-refractivity contribution < 1.29 is 23.4 Å². The number of halogens is 2. The third-order valence-electron chi connectivity index (χ3n) is 4.48. The number of morpholine rings is 1. The SMILES string of the molecule is OC(CN1CCOC2(CCOCC2)C1)c1cc(F)ccc1F. The normalized spacial score (nSPS) is 23.6. The minimum atomic E-state index is -1.05. The summed E-state index contributed by atoms with van der Waals surface area (Å²) in [5.74, 6) is -1.12. The Morgan fingerprint density at radius 3 is 2.77 bits per heavy atom. The average molecular weight is 313 g/mol. The summed E-state index contributed by atoms with van der Waals surface area (Å²) < 4.78 is 38.3. The molecule has 0 saturated carbocycles. The Morgan fingerprint density at radius 1 is 1.23 bits per heavy atom. The van der Waals surface area contributed by atoms with E-state index < -0.39 is 17.7 Å². The third kappa shape index (κ3) is 3.46. The molecule has 3 rings (SSSR count). The zero-order chi connectivity index (χ0) is 15.6. The van der Waals surface area contributed by atoms with Crippen LogP contribution in [0.4, 0.5) is 8.78 Å². The number of β-amino-alcohol motifs (C(OH)–C–C–N with tert-alkyl or cyclic N) is 1. The first-order valence-corrected chi connectivity index (χ1v) is 7.65. The molecule has 1 N–H and O–H groups in total. The van der Waals surface area contributed by atoms with Gasteiger partial charge < -0.3 is 14.6 Å². The van der Waals surface area contributed by atoms with Gasteiger partial charge in [-0.3, -0.25) is 4.90 Å². The molecule has 1 aromatic carbocycles. The molecule has 4 nitrogen and oxygen atoms in total. The fourth-order valence-corrected chi connectivity index (χ4v) is 3.24. The first-order valence-electron chi connectivity index (χ1n) is 7.65. The lowest BCUT2D eigenvalue weighted by molar-refractivity contribution is -0.157. The van der Waals surface area contributed by atoms with Crippen LogP contribution in [0.25, 0.3) is 0 Å². The van der Waals surface area contributed by atoms with Crippen molar-refractivity contribution >= 4 is 0 Å². The number of benzene rings is 1. The summed E-state index contributed by atoms with van der Waals surface area (Å²) in [6.45, 7) is 3.56. The topological polar surface area (TPSA) is 41.9 Å². The molecule has 1 spiro atoms. The van der Waals surface area contributed by atoms with Crippen molar-refractivity contribution in [3.05, 3.63) is 35.4 Å². The second-order valence-electron chi connectivity index (χ2n) is 6.06. The molecule has 0 bridgehead atoms. The molecule has 1 atom stereocenters. The van der Waals surface area contributed by atoms with E-state index >= 15 is 0 Å². The smallest absolute Gasteiger partial charge is 0.129 e. The summed E-state index contributed by atoms with van der Waals surface area (Å²) in [5.41, 5.74) is -0.219. The highest BCUT2D eigenvalue weighted by atomic mass is 19.1. The van der Waals surface area contributed by atoms with Gasteiger partial charge in [0.05, 0.1) is 18.3 Å². The van der Waals surface area contributed by atoms with Crippen molar-refractivity contribution in [2.24, 2.45) is 0 Å². The van der Waals surface area contributed by atoms with E-state index in [0.717, 1.165) is 31.0 Å². The van der Waals surface area contributed by atoms with E-state index in [0.29, 0.717) is 32.9 Å². The summed E-state index contributed by atoms with van der Waals surface area (Å²) in [7, 11) is 0. The van der Waals surface area contributed by atoms with Gasteiger partial charge >= 0.3 is 0 Å². The van der Waals surface area contributed by atoms with E-state index in [1.807, 2.05) is 0 Å². The molecule has 0 radical (unpaired) electrons. The third-order valence-corrected chi connectivity index (χ3v) is 4.48. The molecule has 0 aliphatic carbocycles. The lowest BCUT2D eigenvalue weighted by atomic mass is 9.92. The Morgan fingerprint density at radius 2 is 2.00 bits per heavy atom. The Hall–Kier alpha value is -1.08. The van der Waals surface area contributed by atoms with E-state index in [-0.39, 0.29) is 17.7 Å². The molecular formula is C16H21F2NO3. The van der Waals surface area contributed by atoms with Crippen LogP contribution in [0.2, 0.25) is 0 Å². The Labute approximate surface area is 128 Å². The van der Waals surface area contributed by atoms with E-state index in [4.69, 9.17) is 9.47 Å². The summed E-state index contributed by atoms with van der Waals surface area (Å²) >= 11 is 0. The molecular weight excluding hydrogens is 292 g/mol. The van der Waals surface area contributed by atoms with Crippen molar-refractivity contribution in [2.45, 2.75) is 24.5 Å². The highest BCUT2D eigenvalue weighted by Crippen LogP contribution is 2.30. The average Bonchev–Trinajstić information content (AvgIpc) is 2.50. The fraction of sp³-hybridized carbons (Fsp3) is 0.625. The van der Waals surface area contributed by atoms with Crippen molar-refractivity contribution in [3.63, 3.8) is 0 Å². The Kier molecular flexibility index (Phi) is 4.73. The monoisotopic (exact) mass is 313 g/mol.